The number of ether oxygens (including phenoxy) is 2. The molecule has 0 radical (unpaired) electrons. The summed E-state index contributed by atoms with van der Waals surface area (Å²) in [4.78, 5) is 20.1. The van der Waals surface area contributed by atoms with Crippen LogP contribution >= 0.6 is 11.3 Å². The van der Waals surface area contributed by atoms with Gasteiger partial charge in [0.1, 0.15) is 4.83 Å². The molecule has 1 aliphatic heterocycles. The number of benzene rings is 1. The maximum absolute atomic E-state index is 13.1. The number of fused-ring (bicyclic) bond motifs is 4. The van der Waals surface area contributed by atoms with Crippen molar-refractivity contribution in [3.63, 3.8) is 0 Å². The van der Waals surface area contributed by atoms with E-state index in [2.05, 4.69) is 5.32 Å². The highest BCUT2D eigenvalue weighted by Crippen LogP contribution is 2.36. The molecule has 1 aliphatic carbocycles. The van der Waals surface area contributed by atoms with Crippen molar-refractivity contribution in [1.29, 1.82) is 0 Å². The molecule has 3 aromatic rings. The second kappa shape index (κ2) is 6.02. The van der Waals surface area contributed by atoms with E-state index in [1.165, 1.54) is 16.9 Å². The normalized spacial score (nSPS) is 15.3. The van der Waals surface area contributed by atoms with Crippen molar-refractivity contribution in [3.05, 3.63) is 39.0 Å². The third kappa shape index (κ3) is 2.38. The molecule has 26 heavy (non-hydrogen) atoms. The van der Waals surface area contributed by atoms with Gasteiger partial charge < -0.3 is 14.8 Å². The Morgan fingerprint density at radius 1 is 1.23 bits per heavy atom. The molecule has 0 saturated carbocycles. The summed E-state index contributed by atoms with van der Waals surface area (Å²) in [5, 5.41) is 4.11. The molecule has 1 N–H and O–H groups in total. The number of hydrogen-bond acceptors (Lipinski definition) is 6. The molecule has 3 heterocycles. The minimum atomic E-state index is 0.0557. The van der Waals surface area contributed by atoms with Crippen molar-refractivity contribution in [1.82, 2.24) is 9.55 Å². The van der Waals surface area contributed by atoms with Gasteiger partial charge in [0.05, 0.1) is 5.39 Å². The fourth-order valence-electron chi connectivity index (χ4n) is 3.73. The number of nitrogens with one attached hydrogen (secondary N) is 1. The standard InChI is InChI=1S/C19H19N3O3S/c1-2-22-18(23)16-12-5-3-4-6-15(12)26-17(16)21-19(22)20-11-7-8-13-14(9-11)25-10-24-13/h7-9H,2-6,10H2,1H3,(H,20,21). The van der Waals surface area contributed by atoms with Crippen LogP contribution in [0.15, 0.2) is 23.0 Å². The van der Waals surface area contributed by atoms with Crippen molar-refractivity contribution in [2.45, 2.75) is 39.2 Å². The van der Waals surface area contributed by atoms with E-state index in [1.54, 1.807) is 15.9 Å². The number of anilines is 2. The van der Waals surface area contributed by atoms with Gasteiger partial charge in [0.25, 0.3) is 5.56 Å². The average Bonchev–Trinajstić information content (AvgIpc) is 3.25. The van der Waals surface area contributed by atoms with Gasteiger partial charge >= 0.3 is 0 Å². The third-order valence-electron chi connectivity index (χ3n) is 5.02. The molecule has 2 aliphatic rings. The highest BCUT2D eigenvalue weighted by Gasteiger charge is 2.22. The zero-order valence-electron chi connectivity index (χ0n) is 14.5. The van der Waals surface area contributed by atoms with Gasteiger partial charge in [0, 0.05) is 23.2 Å². The molecule has 0 amide bonds. The molecule has 0 bridgehead atoms. The maximum atomic E-state index is 13.1. The van der Waals surface area contributed by atoms with Crippen LogP contribution < -0.4 is 20.3 Å². The highest BCUT2D eigenvalue weighted by atomic mass is 32.1. The molecular weight excluding hydrogens is 350 g/mol. The molecular formula is C19H19N3O3S. The number of aromatic nitrogens is 2. The Bertz CT molecular complexity index is 1070. The lowest BCUT2D eigenvalue weighted by Crippen LogP contribution is -2.23. The number of thiophene rings is 1. The van der Waals surface area contributed by atoms with Crippen molar-refractivity contribution >= 4 is 33.2 Å². The number of rotatable bonds is 3. The fraction of sp³-hybridized carbons (Fsp3) is 0.368. The van der Waals surface area contributed by atoms with Crippen LogP contribution in [0.1, 0.15) is 30.2 Å². The van der Waals surface area contributed by atoms with Crippen LogP contribution in [0.25, 0.3) is 10.2 Å². The lowest BCUT2D eigenvalue weighted by molar-refractivity contribution is 0.174. The summed E-state index contributed by atoms with van der Waals surface area (Å²) in [5.41, 5.74) is 2.11. The monoisotopic (exact) mass is 369 g/mol. The average molecular weight is 369 g/mol. The quantitative estimate of drug-likeness (QED) is 0.760. The number of aryl methyl sites for hydroxylation is 2. The molecule has 0 fully saturated rings. The molecule has 0 unspecified atom stereocenters. The lowest BCUT2D eigenvalue weighted by atomic mass is 9.97. The van der Waals surface area contributed by atoms with Crippen LogP contribution in [-0.2, 0) is 19.4 Å². The van der Waals surface area contributed by atoms with Gasteiger partial charge in [-0.25, -0.2) is 4.98 Å². The molecule has 2 aromatic heterocycles. The molecule has 7 heteroatoms. The van der Waals surface area contributed by atoms with E-state index in [9.17, 15) is 4.79 Å². The first-order valence-electron chi connectivity index (χ1n) is 8.96. The topological polar surface area (TPSA) is 65.4 Å². The van der Waals surface area contributed by atoms with E-state index in [4.69, 9.17) is 14.5 Å². The van der Waals surface area contributed by atoms with Gasteiger partial charge in [-0.2, -0.15) is 0 Å². The molecule has 0 saturated heterocycles. The first kappa shape index (κ1) is 15.7. The van der Waals surface area contributed by atoms with Crippen molar-refractivity contribution in [3.8, 4) is 11.5 Å². The predicted molar refractivity (Wildman–Crippen MR) is 102 cm³/mol. The van der Waals surface area contributed by atoms with Crippen molar-refractivity contribution in [2.75, 3.05) is 12.1 Å². The van der Waals surface area contributed by atoms with Gasteiger partial charge in [0.15, 0.2) is 11.5 Å². The van der Waals surface area contributed by atoms with Crippen LogP contribution in [0, 0.1) is 0 Å². The van der Waals surface area contributed by atoms with Gasteiger partial charge in [0.2, 0.25) is 12.7 Å². The van der Waals surface area contributed by atoms with E-state index in [0.29, 0.717) is 18.2 Å². The SMILES string of the molecule is CCn1c(Nc2ccc3c(c2)OCO3)nc2sc3c(c2c1=O)CCCC3. The molecule has 134 valence electrons. The van der Waals surface area contributed by atoms with Crippen LogP contribution in [-0.4, -0.2) is 16.3 Å². The van der Waals surface area contributed by atoms with E-state index < -0.39 is 0 Å². The predicted octanol–water partition coefficient (Wildman–Crippen LogP) is 3.83. The Labute approximate surface area is 154 Å². The summed E-state index contributed by atoms with van der Waals surface area (Å²) in [6, 6.07) is 5.64. The summed E-state index contributed by atoms with van der Waals surface area (Å²) >= 11 is 1.67. The highest BCUT2D eigenvalue weighted by molar-refractivity contribution is 7.18. The number of nitrogens with zero attached hydrogens (tertiary/aromatic N) is 2. The summed E-state index contributed by atoms with van der Waals surface area (Å²) in [5.74, 6) is 2.01. The molecule has 5 rings (SSSR count). The Morgan fingerprint density at radius 3 is 2.96 bits per heavy atom. The molecule has 0 atom stereocenters. The third-order valence-corrected chi connectivity index (χ3v) is 6.21. The largest absolute Gasteiger partial charge is 0.454 e. The van der Waals surface area contributed by atoms with Crippen LogP contribution in [0.4, 0.5) is 11.6 Å². The smallest absolute Gasteiger partial charge is 0.263 e. The minimum Gasteiger partial charge on any atom is -0.454 e. The zero-order chi connectivity index (χ0) is 17.7. The van der Waals surface area contributed by atoms with E-state index in [-0.39, 0.29) is 12.4 Å². The fourth-order valence-corrected chi connectivity index (χ4v) is 4.98. The maximum Gasteiger partial charge on any atom is 0.263 e. The second-order valence-electron chi connectivity index (χ2n) is 6.57. The number of hydrogen-bond donors (Lipinski definition) is 1. The van der Waals surface area contributed by atoms with Crippen molar-refractivity contribution in [2.24, 2.45) is 0 Å². The molecule has 1 aromatic carbocycles. The van der Waals surface area contributed by atoms with Gasteiger partial charge in [-0.3, -0.25) is 9.36 Å². The van der Waals surface area contributed by atoms with Gasteiger partial charge in [-0.15, -0.1) is 11.3 Å². The summed E-state index contributed by atoms with van der Waals surface area (Å²) in [6.07, 6.45) is 4.41. The summed E-state index contributed by atoms with van der Waals surface area (Å²) in [7, 11) is 0. The summed E-state index contributed by atoms with van der Waals surface area (Å²) < 4.78 is 12.5. The Hall–Kier alpha value is -2.54. The van der Waals surface area contributed by atoms with E-state index in [1.807, 2.05) is 25.1 Å². The molecule has 0 spiro atoms. The molecule has 6 nitrogen and oxygen atoms in total. The van der Waals surface area contributed by atoms with Crippen LogP contribution in [0.5, 0.6) is 11.5 Å². The first-order chi connectivity index (χ1) is 12.7. The zero-order valence-corrected chi connectivity index (χ0v) is 15.3. The van der Waals surface area contributed by atoms with Crippen LogP contribution in [0.2, 0.25) is 0 Å². The minimum absolute atomic E-state index is 0.0557. The summed E-state index contributed by atoms with van der Waals surface area (Å²) in [6.45, 7) is 2.78. The Balaban J connectivity index is 1.62. The van der Waals surface area contributed by atoms with E-state index >= 15 is 0 Å². The second-order valence-corrected chi connectivity index (χ2v) is 7.65. The van der Waals surface area contributed by atoms with Crippen LogP contribution in [0.3, 0.4) is 0 Å². The van der Waals surface area contributed by atoms with E-state index in [0.717, 1.165) is 40.9 Å². The Kier molecular flexibility index (Phi) is 3.63. The Morgan fingerprint density at radius 2 is 2.08 bits per heavy atom. The van der Waals surface area contributed by atoms with Gasteiger partial charge in [-0.1, -0.05) is 0 Å². The first-order valence-corrected chi connectivity index (χ1v) is 9.78. The van der Waals surface area contributed by atoms with Crippen molar-refractivity contribution < 1.29 is 9.47 Å². The van der Waals surface area contributed by atoms with Gasteiger partial charge in [-0.05, 0) is 50.3 Å². The lowest BCUT2D eigenvalue weighted by Gasteiger charge is -2.13.